The van der Waals surface area contributed by atoms with Crippen molar-refractivity contribution in [2.75, 3.05) is 6.61 Å². The molecule has 1 atom stereocenters. The molecule has 0 fully saturated rings. The monoisotopic (exact) mass is 278 g/mol. The smallest absolute Gasteiger partial charge is 0.265 e. The van der Waals surface area contributed by atoms with E-state index in [-0.39, 0.29) is 35.0 Å². The Morgan fingerprint density at radius 2 is 1.90 bits per heavy atom. The lowest BCUT2D eigenvalue weighted by molar-refractivity contribution is 0.0217. The maximum atomic E-state index is 9.79. The molecule has 0 saturated heterocycles. The van der Waals surface area contributed by atoms with Crippen LogP contribution in [0.3, 0.4) is 0 Å². The number of benzene rings is 1. The lowest BCUT2D eigenvalue weighted by Crippen LogP contribution is -2.12. The van der Waals surface area contributed by atoms with Crippen molar-refractivity contribution in [3.05, 3.63) is 24.0 Å². The van der Waals surface area contributed by atoms with Crippen molar-refractivity contribution >= 4 is 0 Å². The van der Waals surface area contributed by atoms with E-state index < -0.39 is 0 Å². The molecule has 0 aliphatic carbocycles. The summed E-state index contributed by atoms with van der Waals surface area (Å²) < 4.78 is 10.7. The third kappa shape index (κ3) is 2.75. The molecule has 0 saturated carbocycles. The molecule has 20 heavy (non-hydrogen) atoms. The number of aromatic hydroxyl groups is 2. The van der Waals surface area contributed by atoms with Crippen molar-refractivity contribution in [2.45, 2.75) is 26.9 Å². The molecule has 1 unspecified atom stereocenters. The van der Waals surface area contributed by atoms with Crippen LogP contribution in [0.15, 0.2) is 22.7 Å². The van der Waals surface area contributed by atoms with Crippen LogP contribution in [0.25, 0.3) is 11.5 Å². The quantitative estimate of drug-likeness (QED) is 0.874. The zero-order valence-corrected chi connectivity index (χ0v) is 11.7. The average molecular weight is 278 g/mol. The van der Waals surface area contributed by atoms with Gasteiger partial charge in [-0.2, -0.15) is 4.98 Å². The number of ether oxygens (including phenoxy) is 1. The Labute approximate surface area is 117 Å². The fraction of sp³-hybridized carbons (Fsp3) is 0.429. The van der Waals surface area contributed by atoms with Gasteiger partial charge in [0.15, 0.2) is 0 Å². The largest absolute Gasteiger partial charge is 0.507 e. The molecule has 6 nitrogen and oxygen atoms in total. The normalized spacial score (nSPS) is 12.8. The minimum absolute atomic E-state index is 0.0703. The van der Waals surface area contributed by atoms with E-state index in [0.29, 0.717) is 12.4 Å². The lowest BCUT2D eigenvalue weighted by Gasteiger charge is -2.16. The van der Waals surface area contributed by atoms with Crippen LogP contribution in [0.2, 0.25) is 0 Å². The Morgan fingerprint density at radius 1 is 1.25 bits per heavy atom. The summed E-state index contributed by atoms with van der Waals surface area (Å²) in [5.41, 5.74) is 0.130. The topological polar surface area (TPSA) is 88.6 Å². The van der Waals surface area contributed by atoms with Crippen molar-refractivity contribution in [2.24, 2.45) is 5.92 Å². The van der Waals surface area contributed by atoms with Crippen molar-refractivity contribution in [1.29, 1.82) is 0 Å². The van der Waals surface area contributed by atoms with Crippen molar-refractivity contribution in [1.82, 2.24) is 10.1 Å². The van der Waals surface area contributed by atoms with E-state index in [0.717, 1.165) is 0 Å². The van der Waals surface area contributed by atoms with Gasteiger partial charge in [0, 0.05) is 6.61 Å². The molecule has 1 aromatic carbocycles. The van der Waals surface area contributed by atoms with E-state index in [1.54, 1.807) is 0 Å². The van der Waals surface area contributed by atoms with Crippen LogP contribution < -0.4 is 0 Å². The van der Waals surface area contributed by atoms with Gasteiger partial charge in [-0.15, -0.1) is 0 Å². The number of nitrogens with zero attached hydrogens (tertiary/aromatic N) is 2. The third-order valence-corrected chi connectivity index (χ3v) is 2.88. The summed E-state index contributed by atoms with van der Waals surface area (Å²) in [7, 11) is 0. The Hall–Kier alpha value is -2.08. The van der Waals surface area contributed by atoms with Gasteiger partial charge in [-0.05, 0) is 25.0 Å². The summed E-state index contributed by atoms with van der Waals surface area (Å²) in [6, 6.07) is 4.42. The molecule has 1 aromatic heterocycles. The van der Waals surface area contributed by atoms with Crippen molar-refractivity contribution in [3.8, 4) is 23.0 Å². The molecule has 108 valence electrons. The second-order valence-corrected chi connectivity index (χ2v) is 4.75. The summed E-state index contributed by atoms with van der Waals surface area (Å²) in [6.07, 6.45) is -0.287. The van der Waals surface area contributed by atoms with Gasteiger partial charge in [-0.1, -0.05) is 25.1 Å². The van der Waals surface area contributed by atoms with E-state index >= 15 is 0 Å². The molecule has 0 radical (unpaired) electrons. The second-order valence-electron chi connectivity index (χ2n) is 4.75. The highest BCUT2D eigenvalue weighted by Crippen LogP contribution is 2.36. The highest BCUT2D eigenvalue weighted by atomic mass is 16.5. The standard InChI is InChI=1S/C14H18N2O4/c1-4-19-12(8(2)3)13-15-14(20-16-13)11-9(17)6-5-7-10(11)18/h5-8,12,17-18H,4H2,1-3H3. The lowest BCUT2D eigenvalue weighted by atomic mass is 10.1. The Balaban J connectivity index is 2.37. The van der Waals surface area contributed by atoms with E-state index in [1.807, 2.05) is 20.8 Å². The van der Waals surface area contributed by atoms with Crippen LogP contribution in [-0.2, 0) is 4.74 Å². The zero-order chi connectivity index (χ0) is 14.7. The van der Waals surface area contributed by atoms with Gasteiger partial charge in [0.05, 0.1) is 0 Å². The summed E-state index contributed by atoms with van der Waals surface area (Å²) in [5.74, 6) is 0.425. The van der Waals surface area contributed by atoms with Crippen molar-refractivity contribution in [3.63, 3.8) is 0 Å². The molecule has 1 heterocycles. The Morgan fingerprint density at radius 3 is 2.45 bits per heavy atom. The summed E-state index contributed by atoms with van der Waals surface area (Å²) in [4.78, 5) is 4.22. The number of rotatable bonds is 5. The molecule has 0 bridgehead atoms. The van der Waals surface area contributed by atoms with E-state index in [9.17, 15) is 10.2 Å². The fourth-order valence-electron chi connectivity index (χ4n) is 1.94. The van der Waals surface area contributed by atoms with E-state index in [1.165, 1.54) is 18.2 Å². The van der Waals surface area contributed by atoms with Crippen LogP contribution in [0, 0.1) is 5.92 Å². The van der Waals surface area contributed by atoms with Gasteiger partial charge in [-0.25, -0.2) is 0 Å². The molecular weight excluding hydrogens is 260 g/mol. The first-order valence-electron chi connectivity index (χ1n) is 6.51. The molecule has 0 amide bonds. The summed E-state index contributed by atoms with van der Waals surface area (Å²) >= 11 is 0. The molecule has 0 aliphatic rings. The minimum atomic E-state index is -0.287. The van der Waals surface area contributed by atoms with E-state index in [2.05, 4.69) is 10.1 Å². The first-order valence-corrected chi connectivity index (χ1v) is 6.51. The van der Waals surface area contributed by atoms with Crippen LogP contribution >= 0.6 is 0 Å². The van der Waals surface area contributed by atoms with Crippen molar-refractivity contribution < 1.29 is 19.5 Å². The predicted octanol–water partition coefficient (Wildman–Crippen LogP) is 2.88. The van der Waals surface area contributed by atoms with Gasteiger partial charge in [0.2, 0.25) is 5.82 Å². The summed E-state index contributed by atoms with van der Waals surface area (Å²) in [5, 5.41) is 23.5. The van der Waals surface area contributed by atoms with E-state index in [4.69, 9.17) is 9.26 Å². The van der Waals surface area contributed by atoms with Gasteiger partial charge < -0.3 is 19.5 Å². The zero-order valence-electron chi connectivity index (χ0n) is 11.7. The molecule has 2 rings (SSSR count). The maximum absolute atomic E-state index is 9.79. The number of hydrogen-bond donors (Lipinski definition) is 2. The predicted molar refractivity (Wildman–Crippen MR) is 72.3 cm³/mol. The minimum Gasteiger partial charge on any atom is -0.507 e. The third-order valence-electron chi connectivity index (χ3n) is 2.88. The SMILES string of the molecule is CCOC(c1noc(-c2c(O)cccc2O)n1)C(C)C. The molecule has 0 aliphatic heterocycles. The first-order chi connectivity index (χ1) is 9.54. The number of phenols is 2. The molecule has 6 heteroatoms. The highest BCUT2D eigenvalue weighted by Gasteiger charge is 2.24. The van der Waals surface area contributed by atoms with Crippen LogP contribution in [0.1, 0.15) is 32.7 Å². The number of hydrogen-bond acceptors (Lipinski definition) is 6. The van der Waals surface area contributed by atoms with Crippen LogP contribution in [0.4, 0.5) is 0 Å². The maximum Gasteiger partial charge on any atom is 0.265 e. The van der Waals surface area contributed by atoms with Crippen LogP contribution in [-0.4, -0.2) is 27.0 Å². The fourth-order valence-corrected chi connectivity index (χ4v) is 1.94. The Kier molecular flexibility index (Phi) is 4.24. The molecular formula is C14H18N2O4. The second kappa shape index (κ2) is 5.92. The first kappa shape index (κ1) is 14.3. The van der Waals surface area contributed by atoms with Gasteiger partial charge >= 0.3 is 0 Å². The Bertz CT molecular complexity index is 560. The van der Waals surface area contributed by atoms with Gasteiger partial charge in [-0.3, -0.25) is 0 Å². The molecule has 2 N–H and O–H groups in total. The van der Waals surface area contributed by atoms with Gasteiger partial charge in [0.25, 0.3) is 5.89 Å². The average Bonchev–Trinajstić information content (AvgIpc) is 2.84. The number of phenolic OH excluding ortho intramolecular Hbond substituents is 2. The summed E-state index contributed by atoms with van der Waals surface area (Å²) in [6.45, 7) is 6.42. The number of aromatic nitrogens is 2. The molecule has 0 spiro atoms. The van der Waals surface area contributed by atoms with Crippen LogP contribution in [0.5, 0.6) is 11.5 Å². The molecule has 2 aromatic rings. The van der Waals surface area contributed by atoms with Gasteiger partial charge in [0.1, 0.15) is 23.2 Å². The highest BCUT2D eigenvalue weighted by molar-refractivity contribution is 5.69.